The third-order valence-electron chi connectivity index (χ3n) is 2.35. The van der Waals surface area contributed by atoms with Gasteiger partial charge in [0.05, 0.1) is 11.6 Å². The molecule has 18 heavy (non-hydrogen) atoms. The van der Waals surface area contributed by atoms with Gasteiger partial charge in [-0.1, -0.05) is 17.7 Å². The highest BCUT2D eigenvalue weighted by atomic mass is 79.9. The first-order valence-electron chi connectivity index (χ1n) is 5.93. The molecule has 0 aliphatic carbocycles. The quantitative estimate of drug-likeness (QED) is 0.612. The zero-order valence-electron chi connectivity index (χ0n) is 10.3. The number of ether oxygens (including phenoxy) is 1. The number of nitrogens with one attached hydrogen (secondary N) is 1. The predicted octanol–water partition coefficient (Wildman–Crippen LogP) is 3.54. The Labute approximate surface area is 121 Å². The molecule has 1 aromatic rings. The van der Waals surface area contributed by atoms with E-state index in [4.69, 9.17) is 16.3 Å². The van der Waals surface area contributed by atoms with Crippen molar-refractivity contribution in [1.82, 2.24) is 5.32 Å². The molecule has 0 amide bonds. The summed E-state index contributed by atoms with van der Waals surface area (Å²) in [6, 6.07) is 5.86. The normalized spacial score (nSPS) is 10.4. The maximum absolute atomic E-state index is 11.1. The van der Waals surface area contributed by atoms with Gasteiger partial charge in [0.1, 0.15) is 0 Å². The molecule has 5 heteroatoms. The van der Waals surface area contributed by atoms with Gasteiger partial charge < -0.3 is 10.1 Å². The largest absolute Gasteiger partial charge is 0.466 e. The lowest BCUT2D eigenvalue weighted by Gasteiger charge is -2.06. The second kappa shape index (κ2) is 8.51. The molecule has 1 aromatic carbocycles. The van der Waals surface area contributed by atoms with Crippen LogP contribution in [0.2, 0.25) is 5.02 Å². The molecule has 0 fully saturated rings. The van der Waals surface area contributed by atoms with E-state index in [0.717, 1.165) is 29.5 Å². The summed E-state index contributed by atoms with van der Waals surface area (Å²) in [6.07, 6.45) is 1.24. The summed E-state index contributed by atoms with van der Waals surface area (Å²) in [5, 5.41) is 3.97. The number of rotatable bonds is 7. The van der Waals surface area contributed by atoms with E-state index in [0.29, 0.717) is 18.1 Å². The maximum atomic E-state index is 11.1. The molecule has 0 heterocycles. The number of hydrogen-bond donors (Lipinski definition) is 1. The van der Waals surface area contributed by atoms with Crippen LogP contribution in [0, 0.1) is 0 Å². The van der Waals surface area contributed by atoms with Gasteiger partial charge >= 0.3 is 5.97 Å². The van der Waals surface area contributed by atoms with Crippen LogP contribution in [-0.4, -0.2) is 19.1 Å². The number of hydrogen-bond acceptors (Lipinski definition) is 3. The number of carbonyl (C=O) groups excluding carboxylic acids is 1. The molecule has 0 bridgehead atoms. The van der Waals surface area contributed by atoms with Gasteiger partial charge in [-0.25, -0.2) is 0 Å². The summed E-state index contributed by atoms with van der Waals surface area (Å²) in [7, 11) is 0. The molecular weight excluding hydrogens is 318 g/mol. The van der Waals surface area contributed by atoms with Crippen LogP contribution >= 0.6 is 27.5 Å². The van der Waals surface area contributed by atoms with Crippen molar-refractivity contribution in [2.45, 2.75) is 26.3 Å². The third kappa shape index (κ3) is 5.85. The monoisotopic (exact) mass is 333 g/mol. The minimum absolute atomic E-state index is 0.133. The van der Waals surface area contributed by atoms with E-state index < -0.39 is 0 Å². The highest BCUT2D eigenvalue weighted by Gasteiger charge is 2.01. The van der Waals surface area contributed by atoms with Crippen molar-refractivity contribution in [1.29, 1.82) is 0 Å². The van der Waals surface area contributed by atoms with Crippen LogP contribution in [0.4, 0.5) is 0 Å². The summed E-state index contributed by atoms with van der Waals surface area (Å²) in [5.74, 6) is -0.133. The van der Waals surface area contributed by atoms with Crippen LogP contribution in [0.15, 0.2) is 22.7 Å². The molecule has 0 aromatic heterocycles. The van der Waals surface area contributed by atoms with E-state index in [2.05, 4.69) is 21.2 Å². The molecule has 0 unspecified atom stereocenters. The van der Waals surface area contributed by atoms with Gasteiger partial charge in [-0.15, -0.1) is 0 Å². The molecule has 0 spiro atoms. The van der Waals surface area contributed by atoms with Crippen molar-refractivity contribution in [3.8, 4) is 0 Å². The highest BCUT2D eigenvalue weighted by Crippen LogP contribution is 2.22. The Morgan fingerprint density at radius 1 is 1.50 bits per heavy atom. The van der Waals surface area contributed by atoms with Crippen molar-refractivity contribution < 1.29 is 9.53 Å². The van der Waals surface area contributed by atoms with Crippen molar-refractivity contribution in [3.63, 3.8) is 0 Å². The molecule has 3 nitrogen and oxygen atoms in total. The summed E-state index contributed by atoms with van der Waals surface area (Å²) < 4.78 is 5.74. The molecule has 0 radical (unpaired) electrons. The average molecular weight is 335 g/mol. The standard InChI is InChI=1S/C13H17BrClNO2/c1-2-18-13(17)4-3-7-16-9-10-5-6-11(14)12(15)8-10/h5-6,8,16H,2-4,7,9H2,1H3. The van der Waals surface area contributed by atoms with E-state index in [9.17, 15) is 4.79 Å². The first kappa shape index (κ1) is 15.5. The fraction of sp³-hybridized carbons (Fsp3) is 0.462. The molecule has 0 saturated heterocycles. The van der Waals surface area contributed by atoms with Crippen LogP contribution in [0.5, 0.6) is 0 Å². The Kier molecular flexibility index (Phi) is 7.32. The van der Waals surface area contributed by atoms with Gasteiger partial charge in [-0.05, 0) is 53.5 Å². The van der Waals surface area contributed by atoms with E-state index in [-0.39, 0.29) is 5.97 Å². The maximum Gasteiger partial charge on any atom is 0.305 e. The number of halogens is 2. The van der Waals surface area contributed by atoms with Crippen LogP contribution in [0.1, 0.15) is 25.3 Å². The van der Waals surface area contributed by atoms with Crippen LogP contribution in [0.3, 0.4) is 0 Å². The van der Waals surface area contributed by atoms with E-state index in [1.807, 2.05) is 25.1 Å². The summed E-state index contributed by atoms with van der Waals surface area (Å²) in [6.45, 7) is 3.79. The highest BCUT2D eigenvalue weighted by molar-refractivity contribution is 9.10. The Balaban J connectivity index is 2.18. The minimum atomic E-state index is -0.133. The minimum Gasteiger partial charge on any atom is -0.466 e. The second-order valence-corrected chi connectivity index (χ2v) is 5.10. The summed E-state index contributed by atoms with van der Waals surface area (Å²) in [5.41, 5.74) is 1.12. The van der Waals surface area contributed by atoms with Crippen molar-refractivity contribution in [3.05, 3.63) is 33.3 Å². The zero-order chi connectivity index (χ0) is 13.4. The fourth-order valence-electron chi connectivity index (χ4n) is 1.47. The summed E-state index contributed by atoms with van der Waals surface area (Å²) >= 11 is 9.34. The van der Waals surface area contributed by atoms with Gasteiger partial charge in [-0.3, -0.25) is 4.79 Å². The van der Waals surface area contributed by atoms with Crippen molar-refractivity contribution in [2.24, 2.45) is 0 Å². The van der Waals surface area contributed by atoms with Gasteiger partial charge in [0, 0.05) is 17.4 Å². The van der Waals surface area contributed by atoms with Gasteiger partial charge in [0.15, 0.2) is 0 Å². The lowest BCUT2D eigenvalue weighted by molar-refractivity contribution is -0.143. The number of benzene rings is 1. The molecule has 0 saturated carbocycles. The molecule has 0 aliphatic heterocycles. The van der Waals surface area contributed by atoms with Gasteiger partial charge in [0.25, 0.3) is 0 Å². The average Bonchev–Trinajstić information content (AvgIpc) is 2.33. The predicted molar refractivity (Wildman–Crippen MR) is 76.7 cm³/mol. The molecule has 1 N–H and O–H groups in total. The molecule has 1 rings (SSSR count). The Hall–Kier alpha value is -0.580. The van der Waals surface area contributed by atoms with E-state index in [1.165, 1.54) is 0 Å². The van der Waals surface area contributed by atoms with Crippen molar-refractivity contribution in [2.75, 3.05) is 13.2 Å². The van der Waals surface area contributed by atoms with E-state index in [1.54, 1.807) is 0 Å². The lowest BCUT2D eigenvalue weighted by atomic mass is 10.2. The summed E-state index contributed by atoms with van der Waals surface area (Å²) in [4.78, 5) is 11.1. The molecular formula is C13H17BrClNO2. The second-order valence-electron chi connectivity index (χ2n) is 3.83. The molecule has 0 atom stereocenters. The van der Waals surface area contributed by atoms with Crippen molar-refractivity contribution >= 4 is 33.5 Å². The Bertz CT molecular complexity index is 399. The lowest BCUT2D eigenvalue weighted by Crippen LogP contribution is -2.16. The smallest absolute Gasteiger partial charge is 0.305 e. The van der Waals surface area contributed by atoms with Crippen LogP contribution < -0.4 is 5.32 Å². The van der Waals surface area contributed by atoms with Crippen LogP contribution in [-0.2, 0) is 16.1 Å². The first-order valence-corrected chi connectivity index (χ1v) is 7.11. The fourth-order valence-corrected chi connectivity index (χ4v) is 1.92. The first-order chi connectivity index (χ1) is 8.63. The van der Waals surface area contributed by atoms with Gasteiger partial charge in [-0.2, -0.15) is 0 Å². The molecule has 0 aliphatic rings. The topological polar surface area (TPSA) is 38.3 Å². The number of esters is 1. The third-order valence-corrected chi connectivity index (χ3v) is 3.59. The van der Waals surface area contributed by atoms with Crippen LogP contribution in [0.25, 0.3) is 0 Å². The molecule has 100 valence electrons. The van der Waals surface area contributed by atoms with E-state index >= 15 is 0 Å². The Morgan fingerprint density at radius 3 is 2.94 bits per heavy atom. The van der Waals surface area contributed by atoms with Gasteiger partial charge in [0.2, 0.25) is 0 Å². The zero-order valence-corrected chi connectivity index (χ0v) is 12.7. The Morgan fingerprint density at radius 2 is 2.28 bits per heavy atom. The number of carbonyl (C=O) groups is 1. The SMILES string of the molecule is CCOC(=O)CCCNCc1ccc(Br)c(Cl)c1.